The summed E-state index contributed by atoms with van der Waals surface area (Å²) in [5.74, 6) is -0.586. The average molecular weight is 304 g/mol. The molecule has 0 saturated carbocycles. The predicted octanol–water partition coefficient (Wildman–Crippen LogP) is 3.96. The summed E-state index contributed by atoms with van der Waals surface area (Å²) >= 11 is 16.3. The van der Waals surface area contributed by atoms with E-state index in [1.54, 1.807) is 6.08 Å². The molecule has 1 aromatic carbocycles. The van der Waals surface area contributed by atoms with Gasteiger partial charge >= 0.3 is 0 Å². The molecule has 1 aromatic rings. The Kier molecular flexibility index (Phi) is 5.49. The highest BCUT2D eigenvalue weighted by molar-refractivity contribution is 6.76. The highest BCUT2D eigenvalue weighted by Crippen LogP contribution is 2.28. The minimum absolute atomic E-state index is 0.586. The van der Waals surface area contributed by atoms with Gasteiger partial charge in [0.1, 0.15) is 6.07 Å². The summed E-state index contributed by atoms with van der Waals surface area (Å²) in [6, 6.07) is 11.2. The summed E-state index contributed by atoms with van der Waals surface area (Å²) in [4.78, 5) is 0. The van der Waals surface area contributed by atoms with Crippen LogP contribution < -0.4 is 0 Å². The van der Waals surface area contributed by atoms with Crippen LogP contribution in [0.1, 0.15) is 5.56 Å². The molecule has 0 amide bonds. The molecule has 94 valence electrons. The minimum Gasteiger partial charge on any atom is -0.455 e. The van der Waals surface area contributed by atoms with Gasteiger partial charge in [0.2, 0.25) is 12.0 Å². The second-order valence-corrected chi connectivity index (χ2v) is 5.55. The van der Waals surface area contributed by atoms with E-state index in [4.69, 9.17) is 50.2 Å². The Hall–Kier alpha value is -1.21. The monoisotopic (exact) mass is 302 g/mol. The molecule has 0 aliphatic heterocycles. The van der Waals surface area contributed by atoms with Crippen molar-refractivity contribution in [1.29, 1.82) is 10.7 Å². The lowest BCUT2D eigenvalue weighted by Gasteiger charge is -2.15. The van der Waals surface area contributed by atoms with Crippen LogP contribution in [0.4, 0.5) is 0 Å². The summed E-state index contributed by atoms with van der Waals surface area (Å²) in [5, 5.41) is 16.2. The Morgan fingerprint density at radius 3 is 2.44 bits per heavy atom. The van der Waals surface area contributed by atoms with Crippen molar-refractivity contribution in [1.82, 2.24) is 0 Å². The SMILES string of the molecule is N#CC(/C=C/c1ccccc1)OC(=N)C(Cl)(Cl)Cl. The van der Waals surface area contributed by atoms with Gasteiger partial charge in [0.15, 0.2) is 0 Å². The molecular formula is C12H9Cl3N2O. The van der Waals surface area contributed by atoms with Gasteiger partial charge in [0, 0.05) is 0 Å². The van der Waals surface area contributed by atoms with Crippen LogP contribution in [-0.4, -0.2) is 15.8 Å². The first-order valence-corrected chi connectivity index (χ1v) is 6.02. The maximum absolute atomic E-state index is 8.87. The summed E-state index contributed by atoms with van der Waals surface area (Å²) in [6.07, 6.45) is 2.20. The maximum Gasteiger partial charge on any atom is 0.265 e. The first-order valence-electron chi connectivity index (χ1n) is 4.89. The van der Waals surface area contributed by atoms with Crippen molar-refractivity contribution in [3.63, 3.8) is 0 Å². The smallest absolute Gasteiger partial charge is 0.265 e. The molecule has 0 spiro atoms. The van der Waals surface area contributed by atoms with Gasteiger partial charge in [-0.2, -0.15) is 5.26 Å². The molecule has 0 aliphatic carbocycles. The van der Waals surface area contributed by atoms with E-state index in [2.05, 4.69) is 0 Å². The molecule has 0 fully saturated rings. The second kappa shape index (κ2) is 6.65. The maximum atomic E-state index is 8.87. The number of nitriles is 1. The Morgan fingerprint density at radius 1 is 1.33 bits per heavy atom. The second-order valence-electron chi connectivity index (χ2n) is 3.26. The highest BCUT2D eigenvalue weighted by atomic mass is 35.6. The quantitative estimate of drug-likeness (QED) is 0.522. The van der Waals surface area contributed by atoms with Gasteiger partial charge in [-0.15, -0.1) is 0 Å². The largest absolute Gasteiger partial charge is 0.455 e. The van der Waals surface area contributed by atoms with Crippen molar-refractivity contribution in [3.8, 4) is 6.07 Å². The third kappa shape index (κ3) is 4.97. The molecule has 1 rings (SSSR count). The minimum atomic E-state index is -1.96. The molecule has 0 aromatic heterocycles. The zero-order chi connectivity index (χ0) is 13.6. The molecule has 18 heavy (non-hydrogen) atoms. The first kappa shape index (κ1) is 14.8. The summed E-state index contributed by atoms with van der Waals surface area (Å²) in [5.41, 5.74) is 0.904. The fraction of sp³-hybridized carbons (Fsp3) is 0.167. The Morgan fingerprint density at radius 2 is 1.94 bits per heavy atom. The van der Waals surface area contributed by atoms with Crippen LogP contribution in [0.25, 0.3) is 6.08 Å². The number of nitrogens with zero attached hydrogens (tertiary/aromatic N) is 1. The number of hydrogen-bond donors (Lipinski definition) is 1. The molecule has 0 saturated heterocycles. The first-order chi connectivity index (χ1) is 8.43. The van der Waals surface area contributed by atoms with Crippen molar-refractivity contribution in [2.24, 2.45) is 0 Å². The topological polar surface area (TPSA) is 56.9 Å². The van der Waals surface area contributed by atoms with E-state index in [1.165, 1.54) is 6.08 Å². The van der Waals surface area contributed by atoms with E-state index in [0.717, 1.165) is 5.56 Å². The van der Waals surface area contributed by atoms with E-state index < -0.39 is 15.8 Å². The standard InChI is InChI=1S/C12H9Cl3N2O/c13-12(14,15)11(17)18-10(8-16)7-6-9-4-2-1-3-5-9/h1-7,10,17H/b7-6+,17-11?. The number of halogens is 3. The molecule has 0 heterocycles. The third-order valence-electron chi connectivity index (χ3n) is 1.89. The van der Waals surface area contributed by atoms with Crippen LogP contribution in [0.15, 0.2) is 36.4 Å². The van der Waals surface area contributed by atoms with Crippen molar-refractivity contribution < 1.29 is 4.74 Å². The lowest BCUT2D eigenvalue weighted by Crippen LogP contribution is -2.25. The van der Waals surface area contributed by atoms with Crippen LogP contribution >= 0.6 is 34.8 Å². The summed E-state index contributed by atoms with van der Waals surface area (Å²) in [7, 11) is 0. The van der Waals surface area contributed by atoms with E-state index in [0.29, 0.717) is 0 Å². The van der Waals surface area contributed by atoms with E-state index in [1.807, 2.05) is 36.4 Å². The number of nitrogens with one attached hydrogen (secondary N) is 1. The van der Waals surface area contributed by atoms with E-state index >= 15 is 0 Å². The van der Waals surface area contributed by atoms with Crippen LogP contribution in [0.5, 0.6) is 0 Å². The van der Waals surface area contributed by atoms with Crippen LogP contribution in [0, 0.1) is 16.7 Å². The van der Waals surface area contributed by atoms with Crippen molar-refractivity contribution in [2.75, 3.05) is 0 Å². The lowest BCUT2D eigenvalue weighted by molar-refractivity contribution is 0.281. The Bertz CT molecular complexity index is 474. The fourth-order valence-corrected chi connectivity index (χ4v) is 1.20. The molecular weight excluding hydrogens is 295 g/mol. The van der Waals surface area contributed by atoms with E-state index in [9.17, 15) is 0 Å². The molecule has 1 unspecified atom stereocenters. The van der Waals surface area contributed by atoms with Gasteiger partial charge in [-0.25, -0.2) is 0 Å². The molecule has 3 nitrogen and oxygen atoms in total. The third-order valence-corrected chi connectivity index (χ3v) is 2.41. The zero-order valence-corrected chi connectivity index (χ0v) is 11.4. The Labute approximate surface area is 120 Å². The molecule has 0 bridgehead atoms. The normalized spacial score (nSPS) is 13.0. The summed E-state index contributed by atoms with van der Waals surface area (Å²) in [6.45, 7) is 0. The number of ether oxygens (including phenoxy) is 1. The van der Waals surface area contributed by atoms with Crippen molar-refractivity contribution in [3.05, 3.63) is 42.0 Å². The molecule has 6 heteroatoms. The number of hydrogen-bond acceptors (Lipinski definition) is 3. The average Bonchev–Trinajstić information content (AvgIpc) is 2.34. The molecule has 0 radical (unpaired) electrons. The molecule has 1 N–H and O–H groups in total. The van der Waals surface area contributed by atoms with Gasteiger partial charge in [0.05, 0.1) is 0 Å². The van der Waals surface area contributed by atoms with Crippen molar-refractivity contribution in [2.45, 2.75) is 9.90 Å². The van der Waals surface area contributed by atoms with Crippen LogP contribution in [0.2, 0.25) is 0 Å². The van der Waals surface area contributed by atoms with Crippen LogP contribution in [0.3, 0.4) is 0 Å². The van der Waals surface area contributed by atoms with Gasteiger partial charge in [-0.1, -0.05) is 71.2 Å². The van der Waals surface area contributed by atoms with Gasteiger partial charge in [0.25, 0.3) is 3.79 Å². The lowest BCUT2D eigenvalue weighted by atomic mass is 10.2. The summed E-state index contributed by atoms with van der Waals surface area (Å²) < 4.78 is 2.96. The van der Waals surface area contributed by atoms with E-state index in [-0.39, 0.29) is 0 Å². The van der Waals surface area contributed by atoms with Gasteiger partial charge in [-0.05, 0) is 11.6 Å². The number of rotatable bonds is 3. The van der Waals surface area contributed by atoms with Crippen LogP contribution in [-0.2, 0) is 4.74 Å². The fourth-order valence-electron chi connectivity index (χ4n) is 1.07. The van der Waals surface area contributed by atoms with Crippen molar-refractivity contribution >= 4 is 46.8 Å². The number of alkyl halides is 3. The molecule has 1 atom stereocenters. The molecule has 0 aliphatic rings. The highest BCUT2D eigenvalue weighted by Gasteiger charge is 2.30. The van der Waals surface area contributed by atoms with Gasteiger partial charge < -0.3 is 4.74 Å². The number of benzene rings is 1. The predicted molar refractivity (Wildman–Crippen MR) is 74.0 cm³/mol. The van der Waals surface area contributed by atoms with Gasteiger partial charge in [-0.3, -0.25) is 5.41 Å². The zero-order valence-electron chi connectivity index (χ0n) is 9.11. The Balaban J connectivity index is 2.67.